The van der Waals surface area contributed by atoms with Gasteiger partial charge in [-0.3, -0.25) is 5.73 Å². The van der Waals surface area contributed by atoms with Crippen molar-refractivity contribution in [1.29, 1.82) is 0 Å². The molecule has 1 saturated carbocycles. The van der Waals surface area contributed by atoms with Crippen molar-refractivity contribution in [3.8, 4) is 0 Å². The zero-order valence-electron chi connectivity index (χ0n) is 12.6. The van der Waals surface area contributed by atoms with Gasteiger partial charge in [0.25, 0.3) is 0 Å². The third kappa shape index (κ3) is 7.41. The standard InChI is InChI=1S/C17H34N/c1-2-3-4-5-6-7-8-9-10-11-14-17(18)15-12-13-16-17/h18H,2-16H2,1H3. The molecule has 0 atom stereocenters. The SMILES string of the molecule is CCCCCCCCCCCCC1([NH])CCCC1. The van der Waals surface area contributed by atoms with E-state index in [9.17, 15) is 0 Å². The molecule has 0 heterocycles. The molecule has 0 amide bonds. The Labute approximate surface area is 115 Å². The molecule has 0 spiro atoms. The molecule has 0 bridgehead atoms. The van der Waals surface area contributed by atoms with Crippen LogP contribution in [-0.4, -0.2) is 5.54 Å². The molecular weight excluding hydrogens is 218 g/mol. The van der Waals surface area contributed by atoms with Crippen molar-refractivity contribution in [3.05, 3.63) is 0 Å². The van der Waals surface area contributed by atoms with E-state index in [2.05, 4.69) is 6.92 Å². The second-order valence-electron chi connectivity index (χ2n) is 6.42. The molecule has 1 rings (SSSR count). The first-order valence-corrected chi connectivity index (χ1v) is 8.52. The summed E-state index contributed by atoms with van der Waals surface area (Å²) in [6, 6.07) is 0. The molecule has 0 saturated heterocycles. The highest BCUT2D eigenvalue weighted by Crippen LogP contribution is 2.33. The van der Waals surface area contributed by atoms with Crippen LogP contribution in [0.4, 0.5) is 0 Å². The highest BCUT2D eigenvalue weighted by molar-refractivity contribution is 4.87. The second kappa shape index (κ2) is 9.83. The predicted octanol–water partition coefficient (Wildman–Crippen LogP) is 5.89. The number of nitrogens with one attached hydrogen (secondary N) is 1. The lowest BCUT2D eigenvalue weighted by Crippen LogP contribution is -2.25. The van der Waals surface area contributed by atoms with Crippen LogP contribution < -0.4 is 5.73 Å². The molecule has 0 aromatic rings. The Kier molecular flexibility index (Phi) is 8.75. The van der Waals surface area contributed by atoms with Crippen LogP contribution in [0.5, 0.6) is 0 Å². The third-order valence-electron chi connectivity index (χ3n) is 4.57. The Morgan fingerprint density at radius 1 is 0.722 bits per heavy atom. The van der Waals surface area contributed by atoms with Gasteiger partial charge in [0, 0.05) is 5.54 Å². The van der Waals surface area contributed by atoms with Gasteiger partial charge in [0.2, 0.25) is 0 Å². The Balaban J connectivity index is 1.78. The Hall–Kier alpha value is -0.0400. The zero-order chi connectivity index (χ0) is 13.1. The molecule has 1 fully saturated rings. The smallest absolute Gasteiger partial charge is 0.0324 e. The van der Waals surface area contributed by atoms with Crippen LogP contribution >= 0.6 is 0 Å². The van der Waals surface area contributed by atoms with Gasteiger partial charge >= 0.3 is 0 Å². The van der Waals surface area contributed by atoms with Gasteiger partial charge < -0.3 is 0 Å². The monoisotopic (exact) mass is 252 g/mol. The lowest BCUT2D eigenvalue weighted by Gasteiger charge is -2.21. The van der Waals surface area contributed by atoms with Gasteiger partial charge in [0.1, 0.15) is 0 Å². The Bertz CT molecular complexity index is 182. The van der Waals surface area contributed by atoms with Crippen LogP contribution in [0.25, 0.3) is 0 Å². The first-order chi connectivity index (χ1) is 8.77. The van der Waals surface area contributed by atoms with E-state index >= 15 is 0 Å². The quantitative estimate of drug-likeness (QED) is 0.409. The maximum Gasteiger partial charge on any atom is 0.0324 e. The first-order valence-electron chi connectivity index (χ1n) is 8.52. The van der Waals surface area contributed by atoms with Crippen molar-refractivity contribution < 1.29 is 0 Å². The lowest BCUT2D eigenvalue weighted by molar-refractivity contribution is 0.370. The average molecular weight is 252 g/mol. The van der Waals surface area contributed by atoms with E-state index < -0.39 is 0 Å². The van der Waals surface area contributed by atoms with Crippen LogP contribution in [0.1, 0.15) is 103 Å². The largest absolute Gasteiger partial charge is 0.251 e. The summed E-state index contributed by atoms with van der Waals surface area (Å²) >= 11 is 0. The Morgan fingerprint density at radius 2 is 1.17 bits per heavy atom. The van der Waals surface area contributed by atoms with Gasteiger partial charge in [-0.25, -0.2) is 0 Å². The van der Waals surface area contributed by atoms with E-state index in [0.717, 1.165) is 0 Å². The summed E-state index contributed by atoms with van der Waals surface area (Å²) in [6.07, 6.45) is 20.2. The zero-order valence-corrected chi connectivity index (χ0v) is 12.6. The second-order valence-corrected chi connectivity index (χ2v) is 6.42. The molecule has 1 aliphatic carbocycles. The molecular formula is C17H34N. The Morgan fingerprint density at radius 3 is 1.67 bits per heavy atom. The molecule has 0 unspecified atom stereocenters. The van der Waals surface area contributed by atoms with Crippen molar-refractivity contribution >= 4 is 0 Å². The van der Waals surface area contributed by atoms with Crippen LogP contribution in [0, 0.1) is 0 Å². The summed E-state index contributed by atoms with van der Waals surface area (Å²) in [5.41, 5.74) is 8.28. The fourth-order valence-corrected chi connectivity index (χ4v) is 3.25. The number of hydrogen-bond donors (Lipinski definition) is 0. The van der Waals surface area contributed by atoms with E-state index in [4.69, 9.17) is 5.73 Å². The highest BCUT2D eigenvalue weighted by atomic mass is 14.7. The third-order valence-corrected chi connectivity index (χ3v) is 4.57. The van der Waals surface area contributed by atoms with Crippen molar-refractivity contribution in [3.63, 3.8) is 0 Å². The van der Waals surface area contributed by atoms with E-state index in [1.165, 1.54) is 96.3 Å². The maximum absolute atomic E-state index is 8.29. The minimum Gasteiger partial charge on any atom is -0.251 e. The predicted molar refractivity (Wildman–Crippen MR) is 80.8 cm³/mol. The van der Waals surface area contributed by atoms with Crippen molar-refractivity contribution in [2.75, 3.05) is 0 Å². The maximum atomic E-state index is 8.29. The molecule has 1 heteroatoms. The van der Waals surface area contributed by atoms with Crippen molar-refractivity contribution in [2.24, 2.45) is 0 Å². The summed E-state index contributed by atoms with van der Waals surface area (Å²) in [5, 5.41) is 0. The topological polar surface area (TPSA) is 23.8 Å². The van der Waals surface area contributed by atoms with Crippen molar-refractivity contribution in [2.45, 2.75) is 109 Å². The summed E-state index contributed by atoms with van der Waals surface area (Å²) < 4.78 is 0. The van der Waals surface area contributed by atoms with E-state index in [1.807, 2.05) is 0 Å². The van der Waals surface area contributed by atoms with E-state index in [1.54, 1.807) is 0 Å². The fraction of sp³-hybridized carbons (Fsp3) is 1.00. The highest BCUT2D eigenvalue weighted by Gasteiger charge is 2.29. The summed E-state index contributed by atoms with van der Waals surface area (Å²) in [7, 11) is 0. The molecule has 18 heavy (non-hydrogen) atoms. The molecule has 1 N–H and O–H groups in total. The molecule has 1 nitrogen and oxygen atoms in total. The first kappa shape index (κ1) is 16.0. The van der Waals surface area contributed by atoms with Gasteiger partial charge in [-0.15, -0.1) is 0 Å². The van der Waals surface area contributed by atoms with Crippen LogP contribution in [0.3, 0.4) is 0 Å². The fourth-order valence-electron chi connectivity index (χ4n) is 3.25. The summed E-state index contributed by atoms with van der Waals surface area (Å²) in [4.78, 5) is 0. The van der Waals surface area contributed by atoms with Gasteiger partial charge in [-0.2, -0.15) is 0 Å². The summed E-state index contributed by atoms with van der Waals surface area (Å²) in [5.74, 6) is 0. The number of rotatable bonds is 11. The molecule has 1 radical (unpaired) electrons. The van der Waals surface area contributed by atoms with Crippen molar-refractivity contribution in [1.82, 2.24) is 5.73 Å². The van der Waals surface area contributed by atoms with Gasteiger partial charge in [-0.05, 0) is 19.3 Å². The normalized spacial score (nSPS) is 18.3. The number of hydrogen-bond acceptors (Lipinski definition) is 0. The van der Waals surface area contributed by atoms with Gasteiger partial charge in [0.15, 0.2) is 0 Å². The van der Waals surface area contributed by atoms with E-state index in [0.29, 0.717) is 0 Å². The minimum atomic E-state index is -0.0137. The average Bonchev–Trinajstić information content (AvgIpc) is 2.79. The van der Waals surface area contributed by atoms with Crippen LogP contribution in [0.15, 0.2) is 0 Å². The summed E-state index contributed by atoms with van der Waals surface area (Å²) in [6.45, 7) is 2.28. The van der Waals surface area contributed by atoms with E-state index in [-0.39, 0.29) is 5.54 Å². The van der Waals surface area contributed by atoms with Gasteiger partial charge in [0.05, 0.1) is 0 Å². The van der Waals surface area contributed by atoms with Crippen LogP contribution in [-0.2, 0) is 0 Å². The molecule has 1 aliphatic rings. The van der Waals surface area contributed by atoms with Crippen LogP contribution in [0.2, 0.25) is 0 Å². The lowest BCUT2D eigenvalue weighted by atomic mass is 9.91. The molecule has 0 aromatic carbocycles. The van der Waals surface area contributed by atoms with Gasteiger partial charge in [-0.1, -0.05) is 84.0 Å². The molecule has 0 aliphatic heterocycles. The minimum absolute atomic E-state index is 0.0137. The molecule has 107 valence electrons. The molecule has 0 aromatic heterocycles. The number of unbranched alkanes of at least 4 members (excludes halogenated alkanes) is 9.